The van der Waals surface area contributed by atoms with Gasteiger partial charge in [-0.05, 0) is 88.3 Å². The summed E-state index contributed by atoms with van der Waals surface area (Å²) < 4.78 is 11.5. The molecule has 0 saturated carbocycles. The van der Waals surface area contributed by atoms with E-state index in [2.05, 4.69) is 20.4 Å². The van der Waals surface area contributed by atoms with Gasteiger partial charge in [0.1, 0.15) is 13.2 Å². The molecule has 2 amide bonds. The van der Waals surface area contributed by atoms with Crippen LogP contribution in [0.25, 0.3) is 11.4 Å². The van der Waals surface area contributed by atoms with E-state index in [1.54, 1.807) is 0 Å². The summed E-state index contributed by atoms with van der Waals surface area (Å²) in [6.45, 7) is 7.09. The summed E-state index contributed by atoms with van der Waals surface area (Å²) in [5.74, 6) is -0.420. The standard InChI is InChI=1S/C44H50N6O4/c51-41(31-53-27-25-49-21-9-3-10-22-49)45-35-17-19-39-37(29-35)43(33-13-5-1-6-14-33)47-40-20-18-36(30-38(40)44(48-39)34-15-7-2-8-16-34)46-42(52)32-54-28-26-50-23-11-4-12-24-50/h1-2,5-8,13-20,29-30H,3-4,9-12,21-28,31-32H2,(H,45,51)(H,46,52)/b43-37-,44-38-,47-40+,47-43?,48-39+,48-44?. The van der Waals surface area contributed by atoms with Crippen LogP contribution < -0.4 is 31.8 Å². The van der Waals surface area contributed by atoms with Gasteiger partial charge in [0.05, 0.1) is 35.3 Å². The molecule has 0 spiro atoms. The average Bonchev–Trinajstić information content (AvgIpc) is 3.21. The second-order valence-corrected chi connectivity index (χ2v) is 14.1. The van der Waals surface area contributed by atoms with Crippen molar-refractivity contribution in [2.24, 2.45) is 9.98 Å². The van der Waals surface area contributed by atoms with Crippen LogP contribution in [0.2, 0.25) is 0 Å². The lowest BCUT2D eigenvalue weighted by atomic mass is 10.1. The topological polar surface area (TPSA) is 108 Å². The van der Waals surface area contributed by atoms with Crippen molar-refractivity contribution in [3.05, 3.63) is 129 Å². The van der Waals surface area contributed by atoms with E-state index in [1.165, 1.54) is 38.5 Å². The highest BCUT2D eigenvalue weighted by atomic mass is 16.5. The number of anilines is 2. The Morgan fingerprint density at radius 2 is 0.944 bits per heavy atom. The number of carbonyl (C=O) groups is 2. The molecular formula is C44H50N6O4. The van der Waals surface area contributed by atoms with E-state index in [0.717, 1.165) is 72.2 Å². The molecule has 0 bridgehead atoms. The molecule has 3 heterocycles. The average molecular weight is 727 g/mol. The number of hydrogen-bond acceptors (Lipinski definition) is 8. The molecule has 10 heteroatoms. The van der Waals surface area contributed by atoms with E-state index >= 15 is 0 Å². The Labute approximate surface area is 316 Å². The molecule has 0 aliphatic carbocycles. The van der Waals surface area contributed by atoms with Crippen molar-refractivity contribution in [3.63, 3.8) is 0 Å². The number of piperidine rings is 2. The Balaban J connectivity index is 1.17. The maximum Gasteiger partial charge on any atom is 0.250 e. The Morgan fingerprint density at radius 1 is 0.537 bits per heavy atom. The lowest BCUT2D eigenvalue weighted by Gasteiger charge is -2.26. The predicted octanol–water partition coefficient (Wildman–Crippen LogP) is 3.83. The number of benzene rings is 4. The first kappa shape index (κ1) is 37.3. The van der Waals surface area contributed by atoms with Crippen LogP contribution in [0.1, 0.15) is 49.7 Å². The van der Waals surface area contributed by atoms with Crippen LogP contribution in [0.15, 0.2) is 107 Å². The molecule has 3 aliphatic rings. The largest absolute Gasteiger partial charge is 0.370 e. The molecule has 4 aromatic carbocycles. The van der Waals surface area contributed by atoms with Crippen molar-refractivity contribution >= 4 is 34.6 Å². The quantitative estimate of drug-likeness (QED) is 0.192. The minimum absolute atomic E-state index is 0.0160. The second-order valence-electron chi connectivity index (χ2n) is 14.1. The van der Waals surface area contributed by atoms with Crippen LogP contribution in [0, 0.1) is 0 Å². The van der Waals surface area contributed by atoms with E-state index < -0.39 is 0 Å². The number of nitrogens with one attached hydrogen (secondary N) is 2. The third-order valence-corrected chi connectivity index (χ3v) is 10.1. The van der Waals surface area contributed by atoms with Gasteiger partial charge in [0.15, 0.2) is 0 Å². The van der Waals surface area contributed by atoms with E-state index in [1.807, 2.05) is 97.1 Å². The van der Waals surface area contributed by atoms with E-state index in [4.69, 9.17) is 19.5 Å². The van der Waals surface area contributed by atoms with Gasteiger partial charge in [-0.1, -0.05) is 73.5 Å². The molecule has 54 heavy (non-hydrogen) atoms. The minimum Gasteiger partial charge on any atom is -0.370 e. The molecule has 2 fully saturated rings. The lowest BCUT2D eigenvalue weighted by molar-refractivity contribution is -0.121. The van der Waals surface area contributed by atoms with Crippen molar-refractivity contribution in [3.8, 4) is 0 Å². The van der Waals surface area contributed by atoms with Crippen LogP contribution in [-0.4, -0.2) is 87.3 Å². The highest BCUT2D eigenvalue weighted by molar-refractivity contribution is 5.92. The van der Waals surface area contributed by atoms with Crippen LogP contribution in [0.5, 0.6) is 0 Å². The minimum atomic E-state index is -0.210. The van der Waals surface area contributed by atoms with Crippen molar-refractivity contribution < 1.29 is 19.1 Å². The summed E-state index contributed by atoms with van der Waals surface area (Å²) in [6.07, 6.45) is 7.48. The number of nitrogens with zero attached hydrogens (tertiary/aromatic N) is 4. The summed E-state index contributed by atoms with van der Waals surface area (Å²) in [7, 11) is 0. The zero-order valence-corrected chi connectivity index (χ0v) is 31.0. The first-order chi connectivity index (χ1) is 26.6. The summed E-state index contributed by atoms with van der Waals surface area (Å²) in [5, 5.41) is 9.02. The molecule has 7 rings (SSSR count). The molecule has 2 saturated heterocycles. The normalized spacial score (nSPS) is 19.5. The maximum absolute atomic E-state index is 13.0. The third kappa shape index (κ3) is 10.1. The lowest BCUT2D eigenvalue weighted by Crippen LogP contribution is -2.36. The number of carbonyl (C=O) groups excluding carboxylic acids is 2. The van der Waals surface area contributed by atoms with Gasteiger partial charge in [-0.25, -0.2) is 9.98 Å². The fourth-order valence-corrected chi connectivity index (χ4v) is 7.27. The van der Waals surface area contributed by atoms with Crippen molar-refractivity contribution in [1.82, 2.24) is 9.80 Å². The van der Waals surface area contributed by atoms with Gasteiger partial charge >= 0.3 is 0 Å². The van der Waals surface area contributed by atoms with Gasteiger partial charge < -0.3 is 29.9 Å². The monoisotopic (exact) mass is 726 g/mol. The Hall–Kier alpha value is -5.00. The van der Waals surface area contributed by atoms with Gasteiger partial charge in [-0.3, -0.25) is 9.59 Å². The van der Waals surface area contributed by atoms with Gasteiger partial charge in [-0.15, -0.1) is 0 Å². The Kier molecular flexibility index (Phi) is 13.0. The number of likely N-dealkylation sites (tertiary alicyclic amines) is 2. The molecule has 0 radical (unpaired) electrons. The first-order valence-corrected chi connectivity index (χ1v) is 19.4. The molecule has 2 N–H and O–H groups in total. The molecule has 280 valence electrons. The van der Waals surface area contributed by atoms with E-state index in [9.17, 15) is 9.59 Å². The highest BCUT2D eigenvalue weighted by Crippen LogP contribution is 2.17. The molecule has 4 aromatic rings. The van der Waals surface area contributed by atoms with Gasteiger partial charge in [0.2, 0.25) is 11.8 Å². The molecule has 0 aromatic heterocycles. The number of rotatable bonds is 14. The fraction of sp³-hybridized carbons (Fsp3) is 0.364. The second kappa shape index (κ2) is 18.9. The fourth-order valence-electron chi connectivity index (χ4n) is 7.27. The summed E-state index contributed by atoms with van der Waals surface area (Å²) >= 11 is 0. The van der Waals surface area contributed by atoms with Crippen molar-refractivity contribution in [1.29, 1.82) is 0 Å². The third-order valence-electron chi connectivity index (χ3n) is 10.1. The van der Waals surface area contributed by atoms with E-state index in [0.29, 0.717) is 35.3 Å². The maximum atomic E-state index is 13.0. The first-order valence-electron chi connectivity index (χ1n) is 19.4. The van der Waals surface area contributed by atoms with Gasteiger partial charge in [0.25, 0.3) is 0 Å². The zero-order valence-electron chi connectivity index (χ0n) is 31.0. The summed E-state index contributed by atoms with van der Waals surface area (Å²) in [4.78, 5) is 41.4. The number of fused-ring (bicyclic) bond motifs is 2. The van der Waals surface area contributed by atoms with Crippen molar-refractivity contribution in [2.45, 2.75) is 38.5 Å². The van der Waals surface area contributed by atoms with Crippen LogP contribution >= 0.6 is 0 Å². The van der Waals surface area contributed by atoms with Gasteiger partial charge in [0, 0.05) is 46.0 Å². The molecule has 0 atom stereocenters. The molecule has 10 nitrogen and oxygen atoms in total. The number of amides is 2. The Morgan fingerprint density at radius 3 is 1.35 bits per heavy atom. The smallest absolute Gasteiger partial charge is 0.250 e. The predicted molar refractivity (Wildman–Crippen MR) is 212 cm³/mol. The van der Waals surface area contributed by atoms with Crippen LogP contribution in [0.3, 0.4) is 0 Å². The SMILES string of the molecule is O=C(COCCN1CCCCC1)Nc1ccc2/c(c1)=C(c1ccccc1)\N=c1/ccc(NC(=O)COCCN3CCCCC3)c/c1=C(c1ccccc1)/N=2. The van der Waals surface area contributed by atoms with E-state index in [-0.39, 0.29) is 25.0 Å². The molecule has 0 unspecified atom stereocenters. The Bertz CT molecular complexity index is 1990. The zero-order chi connectivity index (χ0) is 37.0. The summed E-state index contributed by atoms with van der Waals surface area (Å²) in [5.41, 5.74) is 4.52. The number of ether oxygens (including phenoxy) is 2. The van der Waals surface area contributed by atoms with Crippen molar-refractivity contribution in [2.75, 3.05) is 76.3 Å². The highest BCUT2D eigenvalue weighted by Gasteiger charge is 2.15. The summed E-state index contributed by atoms with van der Waals surface area (Å²) in [6, 6.07) is 31.4. The number of hydrogen-bond donors (Lipinski definition) is 2. The molecule has 3 aliphatic heterocycles. The van der Waals surface area contributed by atoms with Crippen LogP contribution in [0.4, 0.5) is 11.4 Å². The van der Waals surface area contributed by atoms with Crippen LogP contribution in [-0.2, 0) is 19.1 Å². The van der Waals surface area contributed by atoms with Gasteiger partial charge in [-0.2, -0.15) is 0 Å². The molecular weight excluding hydrogens is 677 g/mol.